The number of thiazole rings is 1. The summed E-state index contributed by atoms with van der Waals surface area (Å²) in [5.74, 6) is 0. The smallest absolute Gasteiger partial charge is 0.0813 e. The van der Waals surface area contributed by atoms with E-state index >= 15 is 0 Å². The molecule has 1 N–H and O–H groups in total. The maximum atomic E-state index is 4.26. The zero-order valence-corrected chi connectivity index (χ0v) is 10.1. The lowest BCUT2D eigenvalue weighted by atomic mass is 10.3. The van der Waals surface area contributed by atoms with Crippen molar-refractivity contribution in [1.29, 1.82) is 0 Å². The maximum absolute atomic E-state index is 4.26. The molecular weight excluding hydrogens is 234 g/mol. The van der Waals surface area contributed by atoms with Crippen LogP contribution in [0.15, 0.2) is 29.9 Å². The lowest BCUT2D eigenvalue weighted by molar-refractivity contribution is 0.714. The summed E-state index contributed by atoms with van der Waals surface area (Å²) in [5, 5.41) is 11.2. The molecule has 0 aliphatic carbocycles. The second-order valence-corrected chi connectivity index (χ2v) is 4.56. The summed E-state index contributed by atoms with van der Waals surface area (Å²) in [6.45, 7) is 0.744. The molecule has 0 saturated heterocycles. The number of nitrogens with one attached hydrogen (secondary N) is 1. The number of hydrogen-bond donors (Lipinski definition) is 1. The van der Waals surface area contributed by atoms with Crippen molar-refractivity contribution >= 4 is 21.6 Å². The number of fused-ring (bicyclic) bond motifs is 1. The first kappa shape index (κ1) is 10.4. The third-order valence-corrected chi connectivity index (χ3v) is 3.33. The van der Waals surface area contributed by atoms with Crippen molar-refractivity contribution in [3.8, 4) is 5.69 Å². The van der Waals surface area contributed by atoms with Gasteiger partial charge in [-0.1, -0.05) is 5.21 Å². The molecule has 17 heavy (non-hydrogen) atoms. The molecule has 6 heteroatoms. The maximum Gasteiger partial charge on any atom is 0.0813 e. The lowest BCUT2D eigenvalue weighted by Crippen LogP contribution is -2.10. The highest BCUT2D eigenvalue weighted by molar-refractivity contribution is 7.16. The summed E-state index contributed by atoms with van der Waals surface area (Å²) in [7, 11) is 1.91. The van der Waals surface area contributed by atoms with Gasteiger partial charge in [-0.15, -0.1) is 16.4 Å². The van der Waals surface area contributed by atoms with Crippen LogP contribution in [0.25, 0.3) is 15.9 Å². The predicted molar refractivity (Wildman–Crippen MR) is 67.3 cm³/mol. The molecule has 0 unspecified atom stereocenters. The molecule has 3 aromatic rings. The van der Waals surface area contributed by atoms with Crippen LogP contribution < -0.4 is 5.32 Å². The van der Waals surface area contributed by atoms with E-state index in [1.165, 1.54) is 0 Å². The van der Waals surface area contributed by atoms with E-state index in [1.54, 1.807) is 17.5 Å². The predicted octanol–water partition coefficient (Wildman–Crippen LogP) is 1.60. The monoisotopic (exact) mass is 245 g/mol. The highest BCUT2D eigenvalue weighted by Gasteiger charge is 2.06. The number of hydrogen-bond acceptors (Lipinski definition) is 5. The zero-order valence-electron chi connectivity index (χ0n) is 9.29. The van der Waals surface area contributed by atoms with Crippen LogP contribution in [0.2, 0.25) is 0 Å². The molecule has 0 bridgehead atoms. The number of aromatic nitrogens is 4. The van der Waals surface area contributed by atoms with Crippen molar-refractivity contribution < 1.29 is 0 Å². The Morgan fingerprint density at radius 2 is 2.35 bits per heavy atom. The first-order valence-electron chi connectivity index (χ1n) is 5.26. The van der Waals surface area contributed by atoms with Crippen LogP contribution in [-0.4, -0.2) is 27.0 Å². The molecule has 2 aromatic heterocycles. The summed E-state index contributed by atoms with van der Waals surface area (Å²) < 4.78 is 3.00. The largest absolute Gasteiger partial charge is 0.314 e. The Bertz CT molecular complexity index is 642. The van der Waals surface area contributed by atoms with E-state index < -0.39 is 0 Å². The first-order valence-corrected chi connectivity index (χ1v) is 6.14. The van der Waals surface area contributed by atoms with Crippen LogP contribution >= 0.6 is 11.3 Å². The number of rotatable bonds is 3. The fourth-order valence-corrected chi connectivity index (χ4v) is 2.46. The molecule has 0 saturated carbocycles. The van der Waals surface area contributed by atoms with Gasteiger partial charge in [-0.05, 0) is 25.2 Å². The normalized spacial score (nSPS) is 11.1. The molecule has 0 radical (unpaired) electrons. The summed E-state index contributed by atoms with van der Waals surface area (Å²) in [6, 6.07) is 6.10. The molecule has 0 fully saturated rings. The SMILES string of the molecule is CNCc1cnnn1-c1ccc2ncsc2c1. The van der Waals surface area contributed by atoms with Gasteiger partial charge < -0.3 is 5.32 Å². The van der Waals surface area contributed by atoms with Gasteiger partial charge in [0.25, 0.3) is 0 Å². The van der Waals surface area contributed by atoms with Crippen LogP contribution in [0.1, 0.15) is 5.69 Å². The van der Waals surface area contributed by atoms with Gasteiger partial charge in [0.2, 0.25) is 0 Å². The highest BCUT2D eigenvalue weighted by atomic mass is 32.1. The second kappa shape index (κ2) is 4.23. The van der Waals surface area contributed by atoms with Crippen LogP contribution in [0.3, 0.4) is 0 Å². The van der Waals surface area contributed by atoms with E-state index in [1.807, 2.05) is 29.4 Å². The standard InChI is InChI=1S/C11H11N5S/c1-12-5-9-6-14-15-16(9)8-2-3-10-11(4-8)17-7-13-10/h2-4,6-7,12H,5H2,1H3. The topological polar surface area (TPSA) is 55.6 Å². The van der Waals surface area contributed by atoms with Gasteiger partial charge in [0.1, 0.15) is 0 Å². The molecule has 0 atom stereocenters. The fourth-order valence-electron chi connectivity index (χ4n) is 1.75. The Morgan fingerprint density at radius 3 is 3.24 bits per heavy atom. The van der Waals surface area contributed by atoms with Crippen LogP contribution in [0.4, 0.5) is 0 Å². The number of benzene rings is 1. The van der Waals surface area contributed by atoms with Crippen LogP contribution in [0, 0.1) is 0 Å². The fraction of sp³-hybridized carbons (Fsp3) is 0.182. The highest BCUT2D eigenvalue weighted by Crippen LogP contribution is 2.21. The van der Waals surface area contributed by atoms with Gasteiger partial charge in [-0.25, -0.2) is 9.67 Å². The van der Waals surface area contributed by atoms with Gasteiger partial charge in [-0.3, -0.25) is 0 Å². The summed E-state index contributed by atoms with van der Waals surface area (Å²) >= 11 is 1.63. The second-order valence-electron chi connectivity index (χ2n) is 3.67. The molecule has 0 spiro atoms. The third kappa shape index (κ3) is 1.81. The molecule has 3 rings (SSSR count). The molecule has 1 aromatic carbocycles. The van der Waals surface area contributed by atoms with Gasteiger partial charge >= 0.3 is 0 Å². The molecule has 2 heterocycles. The van der Waals surface area contributed by atoms with E-state index in [0.717, 1.165) is 28.1 Å². The quantitative estimate of drug-likeness (QED) is 0.761. The van der Waals surface area contributed by atoms with Gasteiger partial charge in [0.15, 0.2) is 0 Å². The van der Waals surface area contributed by atoms with Gasteiger partial charge in [0, 0.05) is 6.54 Å². The van der Waals surface area contributed by atoms with E-state index in [-0.39, 0.29) is 0 Å². The third-order valence-electron chi connectivity index (χ3n) is 2.54. The number of nitrogens with zero attached hydrogens (tertiary/aromatic N) is 4. The molecule has 5 nitrogen and oxygen atoms in total. The van der Waals surface area contributed by atoms with Gasteiger partial charge in [-0.2, -0.15) is 0 Å². The molecule has 0 aliphatic heterocycles. The molecule has 0 amide bonds. The Hall–Kier alpha value is -1.79. The Morgan fingerprint density at radius 1 is 1.41 bits per heavy atom. The minimum atomic E-state index is 0.744. The van der Waals surface area contributed by atoms with Crippen molar-refractivity contribution in [1.82, 2.24) is 25.3 Å². The molecule has 86 valence electrons. The minimum absolute atomic E-state index is 0.744. The van der Waals surface area contributed by atoms with Crippen molar-refractivity contribution in [2.75, 3.05) is 7.05 Å². The Kier molecular flexibility index (Phi) is 2.58. The van der Waals surface area contributed by atoms with E-state index in [4.69, 9.17) is 0 Å². The van der Waals surface area contributed by atoms with E-state index in [9.17, 15) is 0 Å². The van der Waals surface area contributed by atoms with Crippen LogP contribution in [-0.2, 0) is 6.54 Å². The van der Waals surface area contributed by atoms with Crippen molar-refractivity contribution in [2.45, 2.75) is 6.54 Å². The average molecular weight is 245 g/mol. The van der Waals surface area contributed by atoms with E-state index in [0.29, 0.717) is 0 Å². The summed E-state index contributed by atoms with van der Waals surface area (Å²) in [4.78, 5) is 4.26. The average Bonchev–Trinajstić information content (AvgIpc) is 2.96. The van der Waals surface area contributed by atoms with Crippen molar-refractivity contribution in [3.05, 3.63) is 35.6 Å². The van der Waals surface area contributed by atoms with Crippen LogP contribution in [0.5, 0.6) is 0 Å². The first-order chi connectivity index (χ1) is 8.38. The van der Waals surface area contributed by atoms with E-state index in [2.05, 4.69) is 26.7 Å². The van der Waals surface area contributed by atoms with Crippen molar-refractivity contribution in [2.24, 2.45) is 0 Å². The van der Waals surface area contributed by atoms with Crippen molar-refractivity contribution in [3.63, 3.8) is 0 Å². The summed E-state index contributed by atoms with van der Waals surface area (Å²) in [6.07, 6.45) is 1.77. The lowest BCUT2D eigenvalue weighted by Gasteiger charge is -2.05. The Balaban J connectivity index is 2.09. The molecular formula is C11H11N5S. The zero-order chi connectivity index (χ0) is 11.7. The summed E-state index contributed by atoms with van der Waals surface area (Å²) in [5.41, 5.74) is 4.93. The molecule has 0 aliphatic rings. The Labute approximate surface area is 102 Å². The van der Waals surface area contributed by atoms with Gasteiger partial charge in [0.05, 0.1) is 33.3 Å². The minimum Gasteiger partial charge on any atom is -0.314 e.